The van der Waals surface area contributed by atoms with E-state index >= 15 is 0 Å². The maximum atomic E-state index is 13.0. The van der Waals surface area contributed by atoms with Crippen molar-refractivity contribution in [3.63, 3.8) is 0 Å². The number of carbonyl (C=O) groups is 1. The summed E-state index contributed by atoms with van der Waals surface area (Å²) in [6, 6.07) is 8.47. The van der Waals surface area contributed by atoms with Crippen molar-refractivity contribution < 1.29 is 9.39 Å². The summed E-state index contributed by atoms with van der Waals surface area (Å²) in [4.78, 5) is 13.0. The van der Waals surface area contributed by atoms with Gasteiger partial charge in [0.25, 0.3) is 5.91 Å². The van der Waals surface area contributed by atoms with Crippen molar-refractivity contribution in [1.82, 2.24) is 5.32 Å². The van der Waals surface area contributed by atoms with Gasteiger partial charge in [0.15, 0.2) is 0 Å². The van der Waals surface area contributed by atoms with Crippen LogP contribution in [0.1, 0.15) is 45.2 Å². The van der Waals surface area contributed by atoms with E-state index in [9.17, 15) is 4.79 Å². The van der Waals surface area contributed by atoms with Crippen molar-refractivity contribution in [2.75, 3.05) is 6.54 Å². The molecule has 3 rings (SSSR count). The van der Waals surface area contributed by atoms with Gasteiger partial charge in [-0.2, -0.15) is 4.59 Å². The van der Waals surface area contributed by atoms with Gasteiger partial charge >= 0.3 is 0 Å². The highest BCUT2D eigenvalue weighted by Crippen LogP contribution is 2.35. The zero-order valence-electron chi connectivity index (χ0n) is 16.1. The van der Waals surface area contributed by atoms with Crippen LogP contribution in [0.4, 0.5) is 0 Å². The molecule has 1 aromatic carbocycles. The maximum Gasteiger partial charge on any atom is 0.253 e. The lowest BCUT2D eigenvalue weighted by Gasteiger charge is -2.39. The number of nitrogens with two attached hydrogens (primary N) is 1. The average molecular weight is 353 g/mol. The number of amides is 1. The molecule has 0 spiro atoms. The minimum atomic E-state index is -0.398. The summed E-state index contributed by atoms with van der Waals surface area (Å²) >= 11 is 0. The predicted molar refractivity (Wildman–Crippen MR) is 105 cm³/mol. The van der Waals surface area contributed by atoms with Crippen LogP contribution in [0.2, 0.25) is 0 Å². The number of carbonyl (C=O) groups excluding carboxylic acids is 1. The Hall–Kier alpha value is -2.24. The van der Waals surface area contributed by atoms with Gasteiger partial charge in [-0.25, -0.2) is 0 Å². The second-order valence-electron chi connectivity index (χ2n) is 7.87. The van der Waals surface area contributed by atoms with E-state index in [-0.39, 0.29) is 11.9 Å². The molecule has 3 N–H and O–H groups in total. The van der Waals surface area contributed by atoms with Crippen LogP contribution in [0, 0.1) is 0 Å². The zero-order valence-corrected chi connectivity index (χ0v) is 16.1. The Kier molecular flexibility index (Phi) is 4.86. The molecular weight excluding hydrogens is 324 g/mol. The molecule has 0 fully saturated rings. The van der Waals surface area contributed by atoms with E-state index < -0.39 is 5.54 Å². The summed E-state index contributed by atoms with van der Waals surface area (Å²) < 4.78 is 0.446. The molecule has 0 bridgehead atoms. The molecular formula is C21H29N4O+. The van der Waals surface area contributed by atoms with Crippen LogP contribution >= 0.6 is 0 Å². The van der Waals surface area contributed by atoms with Crippen LogP contribution in [-0.4, -0.2) is 29.3 Å². The van der Waals surface area contributed by atoms with Crippen molar-refractivity contribution in [2.45, 2.75) is 52.2 Å². The lowest BCUT2D eigenvalue weighted by atomic mass is 9.80. The fourth-order valence-electron chi connectivity index (χ4n) is 3.81. The Morgan fingerprint density at radius 3 is 2.50 bits per heavy atom. The standard InChI is InChI=1S/C21H28N4O/c1-15(2)25(11-5-10-23-25)14-19-16(3)12-21(4,24-20(19)26)18-8-6-17(13-22)7-9-18/h5-11,15H,12-14,22H2,1-4H3/p+1. The van der Waals surface area contributed by atoms with E-state index in [1.54, 1.807) is 0 Å². The number of quaternary nitrogens is 1. The van der Waals surface area contributed by atoms with Gasteiger partial charge in [-0.1, -0.05) is 34.9 Å². The van der Waals surface area contributed by atoms with Gasteiger partial charge in [0.2, 0.25) is 0 Å². The summed E-state index contributed by atoms with van der Waals surface area (Å²) in [5.41, 5.74) is 9.47. The molecule has 1 amide bonds. The lowest BCUT2D eigenvalue weighted by molar-refractivity contribution is -0.899. The Bertz CT molecular complexity index is 777. The number of nitrogens with zero attached hydrogens (tertiary/aromatic N) is 2. The first-order valence-corrected chi connectivity index (χ1v) is 9.21. The lowest BCUT2D eigenvalue weighted by Crippen LogP contribution is -2.52. The SMILES string of the molecule is CC1=C(C[N+]2(C(C)C)C=CC=N2)C(=O)NC(C)(c2ccc(CN)cc2)C1. The van der Waals surface area contributed by atoms with Crippen LogP contribution in [0.15, 0.2) is 52.8 Å². The fourth-order valence-corrected chi connectivity index (χ4v) is 3.81. The van der Waals surface area contributed by atoms with E-state index in [0.717, 1.165) is 28.7 Å². The van der Waals surface area contributed by atoms with Gasteiger partial charge in [-0.05, 0) is 45.2 Å². The first kappa shape index (κ1) is 18.5. The van der Waals surface area contributed by atoms with E-state index in [1.165, 1.54) is 0 Å². The number of allylic oxidation sites excluding steroid dienone is 1. The third-order valence-electron chi connectivity index (χ3n) is 5.64. The monoisotopic (exact) mass is 353 g/mol. The average Bonchev–Trinajstić information content (AvgIpc) is 3.08. The molecule has 2 atom stereocenters. The van der Waals surface area contributed by atoms with Gasteiger partial charge in [0.1, 0.15) is 18.8 Å². The molecule has 0 aromatic heterocycles. The number of rotatable bonds is 5. The molecule has 2 heterocycles. The summed E-state index contributed by atoms with van der Waals surface area (Å²) in [7, 11) is 0. The predicted octanol–water partition coefficient (Wildman–Crippen LogP) is 2.94. The fraction of sp³-hybridized carbons (Fsp3) is 0.429. The maximum absolute atomic E-state index is 13.0. The quantitative estimate of drug-likeness (QED) is 0.799. The summed E-state index contributed by atoms with van der Waals surface area (Å²) in [6.45, 7) is 9.53. The van der Waals surface area contributed by atoms with Gasteiger partial charge in [0, 0.05) is 12.6 Å². The van der Waals surface area contributed by atoms with Gasteiger partial charge in [-0.3, -0.25) is 4.79 Å². The Morgan fingerprint density at radius 1 is 1.31 bits per heavy atom. The van der Waals surface area contributed by atoms with Crippen molar-refractivity contribution in [1.29, 1.82) is 0 Å². The minimum absolute atomic E-state index is 0.00722. The Balaban J connectivity index is 1.89. The molecule has 0 saturated heterocycles. The molecule has 0 saturated carbocycles. The van der Waals surface area contributed by atoms with Crippen molar-refractivity contribution in [3.8, 4) is 0 Å². The highest BCUT2D eigenvalue weighted by Gasteiger charge is 2.41. The first-order chi connectivity index (χ1) is 12.3. The molecule has 2 aliphatic heterocycles. The molecule has 2 aliphatic rings. The van der Waals surface area contributed by atoms with E-state index in [0.29, 0.717) is 17.7 Å². The van der Waals surface area contributed by atoms with Crippen LogP contribution in [0.5, 0.6) is 0 Å². The van der Waals surface area contributed by atoms with Crippen LogP contribution in [0.25, 0.3) is 0 Å². The van der Waals surface area contributed by atoms with Crippen molar-refractivity contribution in [3.05, 3.63) is 58.8 Å². The number of hydrogen-bond acceptors (Lipinski definition) is 3. The second kappa shape index (κ2) is 6.82. The minimum Gasteiger partial charge on any atom is -0.343 e. The van der Waals surface area contributed by atoms with E-state index in [2.05, 4.69) is 56.4 Å². The molecule has 138 valence electrons. The Morgan fingerprint density at radius 2 is 2.00 bits per heavy atom. The van der Waals surface area contributed by atoms with Gasteiger partial charge in [0.05, 0.1) is 17.3 Å². The summed E-state index contributed by atoms with van der Waals surface area (Å²) in [6.07, 6.45) is 6.64. The number of benzene rings is 1. The summed E-state index contributed by atoms with van der Waals surface area (Å²) in [5.74, 6) is 0.00722. The molecule has 26 heavy (non-hydrogen) atoms. The zero-order chi connectivity index (χ0) is 18.9. The molecule has 2 unspecified atom stereocenters. The molecule has 0 aliphatic carbocycles. The Labute approximate surface area is 155 Å². The highest BCUT2D eigenvalue weighted by atomic mass is 16.2. The number of hydrogen-bond donors (Lipinski definition) is 2. The van der Waals surface area contributed by atoms with Gasteiger partial charge in [-0.15, -0.1) is 0 Å². The molecule has 0 radical (unpaired) electrons. The molecule has 5 heteroatoms. The molecule has 1 aromatic rings. The van der Waals surface area contributed by atoms with Crippen LogP contribution in [-0.2, 0) is 16.9 Å². The van der Waals surface area contributed by atoms with Crippen molar-refractivity contribution in [2.24, 2.45) is 10.8 Å². The second-order valence-corrected chi connectivity index (χ2v) is 7.87. The largest absolute Gasteiger partial charge is 0.343 e. The molecule has 5 nitrogen and oxygen atoms in total. The smallest absolute Gasteiger partial charge is 0.253 e. The summed E-state index contributed by atoms with van der Waals surface area (Å²) in [5, 5.41) is 7.86. The van der Waals surface area contributed by atoms with Gasteiger partial charge < -0.3 is 11.1 Å². The topological polar surface area (TPSA) is 67.5 Å². The first-order valence-electron chi connectivity index (χ1n) is 9.21. The van der Waals surface area contributed by atoms with Crippen molar-refractivity contribution >= 4 is 12.1 Å². The third-order valence-corrected chi connectivity index (χ3v) is 5.64. The third kappa shape index (κ3) is 3.24. The van der Waals surface area contributed by atoms with E-state index in [1.807, 2.05) is 24.4 Å². The van der Waals surface area contributed by atoms with Crippen LogP contribution in [0.3, 0.4) is 0 Å². The normalized spacial score (nSPS) is 28.2. The highest BCUT2D eigenvalue weighted by molar-refractivity contribution is 5.96. The van der Waals surface area contributed by atoms with Crippen LogP contribution < -0.4 is 11.1 Å². The number of nitrogens with one attached hydrogen (secondary N) is 1. The van der Waals surface area contributed by atoms with E-state index in [4.69, 9.17) is 5.73 Å².